The number of carbonyl (C=O) groups excluding carboxylic acids is 3. The fourth-order valence-corrected chi connectivity index (χ4v) is 5.60. The van der Waals surface area contributed by atoms with Crippen molar-refractivity contribution in [2.45, 2.75) is 82.5 Å². The fraction of sp³-hybridized carbons (Fsp3) is 0.690. The van der Waals surface area contributed by atoms with Crippen LogP contribution in [0.2, 0.25) is 0 Å². The molecule has 3 aliphatic rings. The number of nitrogens with two attached hydrogens (primary N) is 1. The first-order valence-corrected chi connectivity index (χ1v) is 14.6. The Hall–Kier alpha value is -2.67. The SMILES string of the molecule is CC1(C)OB(C(CCCc2ccccc2)NC(=O)[C@](CC(=O)N2CCOCC2)(OC(N)=O)[C@H]2CCOC2)OC1(C)C. The van der Waals surface area contributed by atoms with Crippen molar-refractivity contribution >= 4 is 25.0 Å². The van der Waals surface area contributed by atoms with Crippen LogP contribution in [-0.2, 0) is 39.5 Å². The Bertz CT molecular complexity index is 1040. The number of ether oxygens (including phenoxy) is 3. The minimum absolute atomic E-state index is 0.159. The molecule has 1 aromatic rings. The molecule has 3 amide bonds. The number of amides is 3. The Kier molecular flexibility index (Phi) is 9.99. The second-order valence-corrected chi connectivity index (χ2v) is 12.1. The van der Waals surface area contributed by atoms with Gasteiger partial charge in [-0.05, 0) is 58.9 Å². The van der Waals surface area contributed by atoms with Crippen LogP contribution in [0.1, 0.15) is 58.9 Å². The number of carbonyl (C=O) groups is 3. The first-order chi connectivity index (χ1) is 19.4. The van der Waals surface area contributed by atoms with Crippen LogP contribution in [0.25, 0.3) is 0 Å². The van der Waals surface area contributed by atoms with Crippen LogP contribution in [0, 0.1) is 5.92 Å². The van der Waals surface area contributed by atoms with Crippen molar-refractivity contribution in [3.8, 4) is 0 Å². The lowest BCUT2D eigenvalue weighted by Gasteiger charge is -2.38. The average molecular weight is 573 g/mol. The topological polar surface area (TPSA) is 139 Å². The van der Waals surface area contributed by atoms with E-state index in [1.54, 1.807) is 4.90 Å². The zero-order chi connectivity index (χ0) is 29.7. The predicted molar refractivity (Wildman–Crippen MR) is 152 cm³/mol. The van der Waals surface area contributed by atoms with E-state index in [-0.39, 0.29) is 18.9 Å². The van der Waals surface area contributed by atoms with Crippen molar-refractivity contribution in [3.63, 3.8) is 0 Å². The molecule has 1 aromatic carbocycles. The number of rotatable bonds is 11. The first kappa shape index (κ1) is 31.3. The first-order valence-electron chi connectivity index (χ1n) is 14.6. The largest absolute Gasteiger partial charge is 0.481 e. The smallest absolute Gasteiger partial charge is 0.432 e. The highest BCUT2D eigenvalue weighted by molar-refractivity contribution is 6.48. The summed E-state index contributed by atoms with van der Waals surface area (Å²) in [7, 11) is -0.749. The summed E-state index contributed by atoms with van der Waals surface area (Å²) in [5, 5.41) is 3.08. The summed E-state index contributed by atoms with van der Waals surface area (Å²) in [6.45, 7) is 9.94. The molecule has 0 radical (unpaired) electrons. The van der Waals surface area contributed by atoms with Gasteiger partial charge < -0.3 is 39.5 Å². The fourth-order valence-electron chi connectivity index (χ4n) is 5.60. The number of aryl methyl sites for hydroxylation is 1. The summed E-state index contributed by atoms with van der Waals surface area (Å²) < 4.78 is 29.3. The highest BCUT2D eigenvalue weighted by atomic mass is 16.7. The van der Waals surface area contributed by atoms with E-state index >= 15 is 0 Å². The summed E-state index contributed by atoms with van der Waals surface area (Å²) in [6, 6.07) is 10.1. The number of hydrogen-bond acceptors (Lipinski definition) is 8. The molecule has 3 N–H and O–H groups in total. The molecule has 0 saturated carbocycles. The maximum absolute atomic E-state index is 14.3. The molecule has 12 heteroatoms. The number of nitrogens with one attached hydrogen (secondary N) is 1. The minimum atomic E-state index is -1.85. The third kappa shape index (κ3) is 7.41. The molecule has 3 fully saturated rings. The highest BCUT2D eigenvalue weighted by Crippen LogP contribution is 2.39. The van der Waals surface area contributed by atoms with Crippen LogP contribution in [0.3, 0.4) is 0 Å². The normalized spacial score (nSPS) is 24.0. The number of hydrogen-bond donors (Lipinski definition) is 2. The summed E-state index contributed by atoms with van der Waals surface area (Å²) in [5.74, 6) is -2.05. The molecule has 3 heterocycles. The van der Waals surface area contributed by atoms with Gasteiger partial charge in [0.1, 0.15) is 0 Å². The van der Waals surface area contributed by atoms with Crippen molar-refractivity contribution in [1.29, 1.82) is 0 Å². The van der Waals surface area contributed by atoms with E-state index in [1.807, 2.05) is 45.9 Å². The van der Waals surface area contributed by atoms with E-state index in [4.69, 9.17) is 29.3 Å². The summed E-state index contributed by atoms with van der Waals surface area (Å²) in [4.78, 5) is 41.7. The molecule has 3 aliphatic heterocycles. The second-order valence-electron chi connectivity index (χ2n) is 12.1. The molecule has 3 atom stereocenters. The minimum Gasteiger partial charge on any atom is -0.432 e. The number of nitrogens with zero attached hydrogens (tertiary/aromatic N) is 1. The Morgan fingerprint density at radius 3 is 2.32 bits per heavy atom. The van der Waals surface area contributed by atoms with Gasteiger partial charge in [-0.25, -0.2) is 4.79 Å². The van der Waals surface area contributed by atoms with E-state index in [9.17, 15) is 14.4 Å². The molecule has 3 saturated heterocycles. The van der Waals surface area contributed by atoms with Crippen molar-refractivity contribution in [2.24, 2.45) is 11.7 Å². The highest BCUT2D eigenvalue weighted by Gasteiger charge is 2.57. The van der Waals surface area contributed by atoms with Gasteiger partial charge >= 0.3 is 13.2 Å². The lowest BCUT2D eigenvalue weighted by atomic mass is 9.74. The molecule has 0 spiro atoms. The number of benzene rings is 1. The van der Waals surface area contributed by atoms with E-state index in [0.717, 1.165) is 12.8 Å². The van der Waals surface area contributed by atoms with Gasteiger partial charge in [0.15, 0.2) is 0 Å². The number of morpholine rings is 1. The van der Waals surface area contributed by atoms with Gasteiger partial charge in [0, 0.05) is 25.6 Å². The van der Waals surface area contributed by atoms with Gasteiger partial charge in [0.2, 0.25) is 11.5 Å². The zero-order valence-electron chi connectivity index (χ0n) is 24.7. The molecule has 0 bridgehead atoms. The molecule has 11 nitrogen and oxygen atoms in total. The molecule has 41 heavy (non-hydrogen) atoms. The van der Waals surface area contributed by atoms with Gasteiger partial charge in [-0.1, -0.05) is 30.3 Å². The Labute approximate surface area is 242 Å². The van der Waals surface area contributed by atoms with Crippen LogP contribution in [0.15, 0.2) is 30.3 Å². The Balaban J connectivity index is 1.60. The molecular weight excluding hydrogens is 529 g/mol. The second kappa shape index (κ2) is 13.1. The lowest BCUT2D eigenvalue weighted by molar-refractivity contribution is -0.157. The number of primary amides is 1. The van der Waals surface area contributed by atoms with E-state index in [0.29, 0.717) is 45.8 Å². The molecule has 0 aliphatic carbocycles. The van der Waals surface area contributed by atoms with Crippen LogP contribution in [0.5, 0.6) is 0 Å². The van der Waals surface area contributed by atoms with Crippen LogP contribution >= 0.6 is 0 Å². The van der Waals surface area contributed by atoms with Crippen molar-refractivity contribution in [1.82, 2.24) is 10.2 Å². The Morgan fingerprint density at radius 1 is 1.07 bits per heavy atom. The van der Waals surface area contributed by atoms with Crippen LogP contribution < -0.4 is 11.1 Å². The summed E-state index contributed by atoms with van der Waals surface area (Å²) in [5.41, 5.74) is 3.62. The average Bonchev–Trinajstić information content (AvgIpc) is 3.54. The zero-order valence-corrected chi connectivity index (χ0v) is 24.7. The summed E-state index contributed by atoms with van der Waals surface area (Å²) in [6.07, 6.45) is 1.02. The van der Waals surface area contributed by atoms with Crippen molar-refractivity contribution < 1.29 is 37.9 Å². The Morgan fingerprint density at radius 2 is 1.73 bits per heavy atom. The van der Waals surface area contributed by atoms with Gasteiger partial charge in [-0.2, -0.15) is 0 Å². The van der Waals surface area contributed by atoms with Gasteiger partial charge in [0.25, 0.3) is 5.91 Å². The third-order valence-electron chi connectivity index (χ3n) is 8.77. The van der Waals surface area contributed by atoms with Gasteiger partial charge in [-0.15, -0.1) is 0 Å². The van der Waals surface area contributed by atoms with Gasteiger partial charge in [-0.3, -0.25) is 9.59 Å². The van der Waals surface area contributed by atoms with Crippen LogP contribution in [0.4, 0.5) is 4.79 Å². The standard InChI is InChI=1S/C29H44BN3O8/c1-27(2)28(3,4)41-30(40-27)23(12-8-11-21-9-6-5-7-10-21)32-25(35)29(39-26(31)36,22-13-16-38-20-22)19-24(34)33-14-17-37-18-15-33/h5-7,9-10,22-23H,8,11-20H2,1-4H3,(H2,31,36)(H,32,35)/t22-,23?,29+/m0/s1. The molecule has 226 valence electrons. The lowest BCUT2D eigenvalue weighted by Crippen LogP contribution is -2.62. The monoisotopic (exact) mass is 573 g/mol. The molecule has 4 rings (SSSR count). The maximum atomic E-state index is 14.3. The summed E-state index contributed by atoms with van der Waals surface area (Å²) >= 11 is 0. The van der Waals surface area contributed by atoms with Crippen molar-refractivity contribution in [3.05, 3.63) is 35.9 Å². The van der Waals surface area contributed by atoms with Crippen LogP contribution in [-0.4, -0.2) is 92.2 Å². The van der Waals surface area contributed by atoms with E-state index in [2.05, 4.69) is 17.4 Å². The predicted octanol–water partition coefficient (Wildman–Crippen LogP) is 2.25. The quantitative estimate of drug-likeness (QED) is 0.385. The molecular formula is C29H44BN3O8. The van der Waals surface area contributed by atoms with Crippen molar-refractivity contribution in [2.75, 3.05) is 39.5 Å². The molecule has 1 unspecified atom stereocenters. The van der Waals surface area contributed by atoms with E-state index in [1.165, 1.54) is 5.56 Å². The van der Waals surface area contributed by atoms with Gasteiger partial charge in [0.05, 0.1) is 43.4 Å². The maximum Gasteiger partial charge on any atom is 0.481 e. The van der Waals surface area contributed by atoms with E-state index < -0.39 is 47.8 Å². The third-order valence-corrected chi connectivity index (χ3v) is 8.77. The molecule has 0 aromatic heterocycles.